The number of rotatable bonds is 3. The van der Waals surface area contributed by atoms with Crippen LogP contribution in [0.2, 0.25) is 0 Å². The minimum atomic E-state index is 0.813. The average molecular weight is 296 g/mol. The van der Waals surface area contributed by atoms with Gasteiger partial charge in [-0.1, -0.05) is 25.1 Å². The molecule has 1 aromatic carbocycles. The maximum atomic E-state index is 4.80. The van der Waals surface area contributed by atoms with E-state index in [4.69, 9.17) is 4.98 Å². The van der Waals surface area contributed by atoms with E-state index in [9.17, 15) is 0 Å². The third kappa shape index (κ3) is 3.21. The van der Waals surface area contributed by atoms with Crippen LogP contribution in [-0.4, -0.2) is 30.1 Å². The van der Waals surface area contributed by atoms with E-state index in [2.05, 4.69) is 40.9 Å². The van der Waals surface area contributed by atoms with Crippen molar-refractivity contribution in [2.24, 2.45) is 5.92 Å². The van der Waals surface area contributed by atoms with E-state index in [1.54, 1.807) is 0 Å². The first-order valence-corrected chi connectivity index (χ1v) is 8.03. The summed E-state index contributed by atoms with van der Waals surface area (Å²) >= 11 is 0. The molecule has 0 radical (unpaired) electrons. The molecule has 1 fully saturated rings. The number of nitrogens with zero attached hydrogens (tertiary/aromatic N) is 4. The molecule has 0 unspecified atom stereocenters. The Morgan fingerprint density at radius 1 is 1.09 bits per heavy atom. The Morgan fingerprint density at radius 3 is 2.45 bits per heavy atom. The van der Waals surface area contributed by atoms with Gasteiger partial charge in [-0.3, -0.25) is 0 Å². The minimum absolute atomic E-state index is 0.813. The van der Waals surface area contributed by atoms with Crippen molar-refractivity contribution in [1.29, 1.82) is 0 Å². The van der Waals surface area contributed by atoms with Crippen molar-refractivity contribution in [3.05, 3.63) is 42.1 Å². The molecule has 2 heterocycles. The zero-order valence-corrected chi connectivity index (χ0v) is 13.7. The number of aromatic nitrogens is 2. The van der Waals surface area contributed by atoms with E-state index in [1.165, 1.54) is 12.8 Å². The fourth-order valence-corrected chi connectivity index (χ4v) is 2.84. The van der Waals surface area contributed by atoms with Gasteiger partial charge in [0.2, 0.25) is 5.95 Å². The lowest BCUT2D eigenvalue weighted by Crippen LogP contribution is -2.34. The van der Waals surface area contributed by atoms with Crippen LogP contribution in [-0.2, 0) is 0 Å². The van der Waals surface area contributed by atoms with Gasteiger partial charge in [-0.05, 0) is 37.8 Å². The molecule has 0 N–H and O–H groups in total. The highest BCUT2D eigenvalue weighted by molar-refractivity contribution is 5.60. The van der Waals surface area contributed by atoms with Gasteiger partial charge in [-0.25, -0.2) is 4.98 Å². The number of hydrogen-bond donors (Lipinski definition) is 0. The normalized spacial score (nSPS) is 15.9. The molecule has 4 nitrogen and oxygen atoms in total. The zero-order valence-electron chi connectivity index (χ0n) is 13.7. The fourth-order valence-electron chi connectivity index (χ4n) is 2.84. The van der Waals surface area contributed by atoms with Crippen LogP contribution in [0.3, 0.4) is 0 Å². The predicted molar refractivity (Wildman–Crippen MR) is 91.9 cm³/mol. The third-order valence-corrected chi connectivity index (χ3v) is 4.38. The first-order valence-electron chi connectivity index (χ1n) is 8.03. The molecule has 4 heteroatoms. The lowest BCUT2D eigenvalue weighted by atomic mass is 10.00. The SMILES string of the molecule is Cc1cc(N(C)c2ccccc2)nc(N2CCC(C)CC2)n1. The Bertz CT molecular complexity index is 618. The molecule has 2 aromatic rings. The van der Waals surface area contributed by atoms with Crippen molar-refractivity contribution < 1.29 is 0 Å². The third-order valence-electron chi connectivity index (χ3n) is 4.38. The summed E-state index contributed by atoms with van der Waals surface area (Å²) in [5.41, 5.74) is 2.15. The van der Waals surface area contributed by atoms with Crippen molar-refractivity contribution in [2.45, 2.75) is 26.7 Å². The van der Waals surface area contributed by atoms with Crippen LogP contribution in [0, 0.1) is 12.8 Å². The number of benzene rings is 1. The van der Waals surface area contributed by atoms with Crippen molar-refractivity contribution >= 4 is 17.5 Å². The van der Waals surface area contributed by atoms with E-state index in [0.717, 1.165) is 42.2 Å². The van der Waals surface area contributed by atoms with Gasteiger partial charge >= 0.3 is 0 Å². The molecule has 1 saturated heterocycles. The summed E-state index contributed by atoms with van der Waals surface area (Å²) in [5.74, 6) is 2.63. The first-order chi connectivity index (χ1) is 10.6. The maximum absolute atomic E-state index is 4.80. The summed E-state index contributed by atoms with van der Waals surface area (Å²) in [6.07, 6.45) is 2.45. The lowest BCUT2D eigenvalue weighted by molar-refractivity contribution is 0.434. The Labute approximate surface area is 132 Å². The van der Waals surface area contributed by atoms with Gasteiger partial charge in [0.1, 0.15) is 5.82 Å². The standard InChI is InChI=1S/C18H24N4/c1-14-9-11-22(12-10-14)18-19-15(2)13-17(20-18)21(3)16-7-5-4-6-8-16/h4-8,13-14H,9-12H2,1-3H3. The molecule has 0 spiro atoms. The highest BCUT2D eigenvalue weighted by Crippen LogP contribution is 2.26. The molecule has 0 saturated carbocycles. The van der Waals surface area contributed by atoms with Crippen LogP contribution < -0.4 is 9.80 Å². The largest absolute Gasteiger partial charge is 0.341 e. The summed E-state index contributed by atoms with van der Waals surface area (Å²) in [5, 5.41) is 0. The van der Waals surface area contributed by atoms with E-state index in [1.807, 2.05) is 31.2 Å². The number of anilines is 3. The molecule has 0 amide bonds. The molecule has 116 valence electrons. The molecule has 0 atom stereocenters. The summed E-state index contributed by atoms with van der Waals surface area (Å²) < 4.78 is 0. The van der Waals surface area contributed by atoms with Gasteiger partial charge in [0, 0.05) is 37.6 Å². The van der Waals surface area contributed by atoms with E-state index >= 15 is 0 Å². The number of hydrogen-bond acceptors (Lipinski definition) is 4. The maximum Gasteiger partial charge on any atom is 0.227 e. The second-order valence-corrected chi connectivity index (χ2v) is 6.23. The molecular formula is C18H24N4. The minimum Gasteiger partial charge on any atom is -0.341 e. The van der Waals surface area contributed by atoms with Crippen LogP contribution in [0.25, 0.3) is 0 Å². The highest BCUT2D eigenvalue weighted by atomic mass is 15.3. The number of piperidine rings is 1. The molecule has 1 aliphatic heterocycles. The van der Waals surface area contributed by atoms with Gasteiger partial charge in [-0.2, -0.15) is 4.98 Å². The van der Waals surface area contributed by atoms with E-state index < -0.39 is 0 Å². The van der Waals surface area contributed by atoms with Gasteiger partial charge in [-0.15, -0.1) is 0 Å². The molecule has 0 bridgehead atoms. The Morgan fingerprint density at radius 2 is 1.77 bits per heavy atom. The number of para-hydroxylation sites is 1. The van der Waals surface area contributed by atoms with Crippen LogP contribution in [0.5, 0.6) is 0 Å². The topological polar surface area (TPSA) is 32.3 Å². The van der Waals surface area contributed by atoms with E-state index in [-0.39, 0.29) is 0 Å². The lowest BCUT2D eigenvalue weighted by Gasteiger charge is -2.31. The van der Waals surface area contributed by atoms with Crippen molar-refractivity contribution in [2.75, 3.05) is 29.9 Å². The second-order valence-electron chi connectivity index (χ2n) is 6.23. The van der Waals surface area contributed by atoms with Crippen LogP contribution >= 0.6 is 0 Å². The van der Waals surface area contributed by atoms with Crippen molar-refractivity contribution in [3.8, 4) is 0 Å². The quantitative estimate of drug-likeness (QED) is 0.862. The monoisotopic (exact) mass is 296 g/mol. The summed E-state index contributed by atoms with van der Waals surface area (Å²) in [6, 6.07) is 12.4. The summed E-state index contributed by atoms with van der Waals surface area (Å²) in [6.45, 7) is 6.47. The smallest absolute Gasteiger partial charge is 0.227 e. The molecular weight excluding hydrogens is 272 g/mol. The second kappa shape index (κ2) is 6.34. The Kier molecular flexibility index (Phi) is 4.27. The molecule has 3 rings (SSSR count). The van der Waals surface area contributed by atoms with Gasteiger partial charge < -0.3 is 9.80 Å². The summed E-state index contributed by atoms with van der Waals surface area (Å²) in [7, 11) is 2.05. The molecule has 22 heavy (non-hydrogen) atoms. The van der Waals surface area contributed by atoms with Crippen LogP contribution in [0.15, 0.2) is 36.4 Å². The molecule has 1 aromatic heterocycles. The number of aryl methyl sites for hydroxylation is 1. The van der Waals surface area contributed by atoms with Gasteiger partial charge in [0.25, 0.3) is 0 Å². The average Bonchev–Trinajstić information content (AvgIpc) is 2.55. The molecule has 0 aliphatic carbocycles. The van der Waals surface area contributed by atoms with Crippen LogP contribution in [0.1, 0.15) is 25.5 Å². The van der Waals surface area contributed by atoms with Crippen LogP contribution in [0.4, 0.5) is 17.5 Å². The summed E-state index contributed by atoms with van der Waals surface area (Å²) in [4.78, 5) is 13.9. The zero-order chi connectivity index (χ0) is 15.5. The van der Waals surface area contributed by atoms with Gasteiger partial charge in [0.15, 0.2) is 0 Å². The first kappa shape index (κ1) is 14.8. The van der Waals surface area contributed by atoms with Crippen molar-refractivity contribution in [3.63, 3.8) is 0 Å². The predicted octanol–water partition coefficient (Wildman–Crippen LogP) is 3.79. The van der Waals surface area contributed by atoms with Gasteiger partial charge in [0.05, 0.1) is 0 Å². The fraction of sp³-hybridized carbons (Fsp3) is 0.444. The highest BCUT2D eigenvalue weighted by Gasteiger charge is 2.19. The van der Waals surface area contributed by atoms with Crippen molar-refractivity contribution in [1.82, 2.24) is 9.97 Å². The van der Waals surface area contributed by atoms with E-state index in [0.29, 0.717) is 0 Å². The Hall–Kier alpha value is -2.10. The molecule has 1 aliphatic rings. The Balaban J connectivity index is 1.87.